The van der Waals surface area contributed by atoms with Crippen molar-refractivity contribution in [2.45, 2.75) is 38.8 Å². The van der Waals surface area contributed by atoms with Gasteiger partial charge in [-0.25, -0.2) is 4.79 Å². The maximum Gasteiger partial charge on any atom is 0.315 e. The minimum atomic E-state index is -0.244. The van der Waals surface area contributed by atoms with Crippen molar-refractivity contribution in [2.24, 2.45) is 0 Å². The number of carbonyl (C=O) groups excluding carboxylic acids is 1. The molecule has 1 heterocycles. The number of hydrogen-bond donors (Lipinski definition) is 3. The molecule has 0 bridgehead atoms. The standard InChI is InChI=1S/C17H27N3O2/c21-11-8-18-17(22)19-13-15-6-5-7-16(12-15)14-20-9-3-1-2-4-10-20/h5-7,12,21H,1-4,8-11,13-14H2,(H2,18,19,22). The van der Waals surface area contributed by atoms with E-state index < -0.39 is 0 Å². The number of rotatable bonds is 6. The second-order valence-corrected chi connectivity index (χ2v) is 5.84. The minimum absolute atomic E-state index is 0.0429. The van der Waals surface area contributed by atoms with Crippen molar-refractivity contribution in [1.82, 2.24) is 15.5 Å². The van der Waals surface area contributed by atoms with Crippen LogP contribution in [0.4, 0.5) is 4.79 Å². The van der Waals surface area contributed by atoms with Gasteiger partial charge in [-0.05, 0) is 37.1 Å². The fourth-order valence-corrected chi connectivity index (χ4v) is 2.80. The number of amides is 2. The molecule has 2 rings (SSSR count). The Hall–Kier alpha value is -1.59. The summed E-state index contributed by atoms with van der Waals surface area (Å²) in [5.74, 6) is 0. The van der Waals surface area contributed by atoms with Gasteiger partial charge in [-0.2, -0.15) is 0 Å². The van der Waals surface area contributed by atoms with Crippen molar-refractivity contribution in [1.29, 1.82) is 0 Å². The topological polar surface area (TPSA) is 64.6 Å². The average molecular weight is 305 g/mol. The highest BCUT2D eigenvalue weighted by molar-refractivity contribution is 5.73. The zero-order valence-electron chi connectivity index (χ0n) is 13.2. The molecule has 5 heteroatoms. The number of hydrogen-bond acceptors (Lipinski definition) is 3. The molecule has 1 aliphatic rings. The third-order valence-corrected chi connectivity index (χ3v) is 3.95. The molecule has 22 heavy (non-hydrogen) atoms. The molecule has 2 amide bonds. The first-order valence-corrected chi connectivity index (χ1v) is 8.20. The van der Waals surface area contributed by atoms with Crippen molar-refractivity contribution >= 4 is 6.03 Å². The second-order valence-electron chi connectivity index (χ2n) is 5.84. The highest BCUT2D eigenvalue weighted by Crippen LogP contribution is 2.14. The van der Waals surface area contributed by atoms with Gasteiger partial charge in [0.15, 0.2) is 0 Å². The van der Waals surface area contributed by atoms with Gasteiger partial charge in [0.2, 0.25) is 0 Å². The van der Waals surface area contributed by atoms with E-state index in [1.54, 1.807) is 0 Å². The molecule has 0 unspecified atom stereocenters. The van der Waals surface area contributed by atoms with Crippen LogP contribution in [0.1, 0.15) is 36.8 Å². The van der Waals surface area contributed by atoms with Crippen molar-refractivity contribution in [3.8, 4) is 0 Å². The summed E-state index contributed by atoms with van der Waals surface area (Å²) in [6, 6.07) is 8.15. The van der Waals surface area contributed by atoms with Gasteiger partial charge in [0.05, 0.1) is 6.61 Å². The monoisotopic (exact) mass is 305 g/mol. The van der Waals surface area contributed by atoms with Gasteiger partial charge in [0.25, 0.3) is 0 Å². The normalized spacial score (nSPS) is 16.0. The van der Waals surface area contributed by atoms with Crippen LogP contribution >= 0.6 is 0 Å². The Balaban J connectivity index is 1.82. The van der Waals surface area contributed by atoms with Crippen molar-refractivity contribution < 1.29 is 9.90 Å². The van der Waals surface area contributed by atoms with Crippen LogP contribution in [-0.2, 0) is 13.1 Å². The summed E-state index contributed by atoms with van der Waals surface area (Å²) in [4.78, 5) is 14.0. The van der Waals surface area contributed by atoms with E-state index in [0.29, 0.717) is 6.54 Å². The van der Waals surface area contributed by atoms with Crippen LogP contribution in [-0.4, -0.2) is 42.3 Å². The van der Waals surface area contributed by atoms with Crippen LogP contribution in [0.15, 0.2) is 24.3 Å². The molecule has 1 aromatic rings. The molecule has 122 valence electrons. The average Bonchev–Trinajstić information content (AvgIpc) is 2.80. The maximum atomic E-state index is 11.5. The summed E-state index contributed by atoms with van der Waals surface area (Å²) in [6.45, 7) is 4.10. The molecule has 0 radical (unpaired) electrons. The summed E-state index contributed by atoms with van der Waals surface area (Å²) in [6.07, 6.45) is 5.30. The first-order valence-electron chi connectivity index (χ1n) is 8.20. The Bertz CT molecular complexity index is 457. The molecule has 0 saturated carbocycles. The summed E-state index contributed by atoms with van der Waals surface area (Å²) in [5, 5.41) is 14.0. The quantitative estimate of drug-likeness (QED) is 0.751. The number of urea groups is 1. The van der Waals surface area contributed by atoms with Crippen molar-refractivity contribution in [3.05, 3.63) is 35.4 Å². The summed E-state index contributed by atoms with van der Waals surface area (Å²) in [7, 11) is 0. The number of aliphatic hydroxyl groups excluding tert-OH is 1. The van der Waals surface area contributed by atoms with Crippen LogP contribution < -0.4 is 10.6 Å². The second kappa shape index (κ2) is 9.43. The number of likely N-dealkylation sites (tertiary alicyclic amines) is 1. The SMILES string of the molecule is O=C(NCCO)NCc1cccc(CN2CCCCCC2)c1. The first-order chi connectivity index (χ1) is 10.8. The third kappa shape index (κ3) is 6.03. The van der Waals surface area contributed by atoms with E-state index in [2.05, 4.69) is 33.7 Å². The first kappa shape index (κ1) is 16.8. The molecular formula is C17H27N3O2. The molecule has 0 aromatic heterocycles. The van der Waals surface area contributed by atoms with Gasteiger partial charge in [0.1, 0.15) is 0 Å². The molecule has 1 saturated heterocycles. The molecule has 5 nitrogen and oxygen atoms in total. The number of nitrogens with zero attached hydrogens (tertiary/aromatic N) is 1. The van der Waals surface area contributed by atoms with Crippen LogP contribution in [0.5, 0.6) is 0 Å². The van der Waals surface area contributed by atoms with E-state index in [1.165, 1.54) is 44.3 Å². The predicted octanol–water partition coefficient (Wildman–Crippen LogP) is 1.85. The summed E-state index contributed by atoms with van der Waals surface area (Å²) in [5.41, 5.74) is 2.41. The molecule has 0 atom stereocenters. The van der Waals surface area contributed by atoms with Crippen LogP contribution in [0.25, 0.3) is 0 Å². The van der Waals surface area contributed by atoms with Crippen LogP contribution in [0.2, 0.25) is 0 Å². The van der Waals surface area contributed by atoms with E-state index in [4.69, 9.17) is 5.11 Å². The van der Waals surface area contributed by atoms with Gasteiger partial charge in [0, 0.05) is 19.6 Å². The maximum absolute atomic E-state index is 11.5. The van der Waals surface area contributed by atoms with Crippen molar-refractivity contribution in [3.63, 3.8) is 0 Å². The van der Waals surface area contributed by atoms with E-state index >= 15 is 0 Å². The Kier molecular flexibility index (Phi) is 7.19. The Morgan fingerprint density at radius 2 is 1.82 bits per heavy atom. The highest BCUT2D eigenvalue weighted by atomic mass is 16.3. The molecule has 1 fully saturated rings. The Morgan fingerprint density at radius 1 is 1.09 bits per heavy atom. The molecule has 1 aliphatic heterocycles. The third-order valence-electron chi connectivity index (χ3n) is 3.95. The predicted molar refractivity (Wildman–Crippen MR) is 87.5 cm³/mol. The Labute approximate surface area is 132 Å². The number of benzene rings is 1. The van der Waals surface area contributed by atoms with Crippen LogP contribution in [0, 0.1) is 0 Å². The minimum Gasteiger partial charge on any atom is -0.395 e. The number of aliphatic hydroxyl groups is 1. The lowest BCUT2D eigenvalue weighted by molar-refractivity contribution is 0.234. The molecular weight excluding hydrogens is 278 g/mol. The molecule has 1 aromatic carbocycles. The molecule has 0 spiro atoms. The van der Waals surface area contributed by atoms with Crippen molar-refractivity contribution in [2.75, 3.05) is 26.2 Å². The van der Waals surface area contributed by atoms with E-state index in [1.807, 2.05) is 6.07 Å². The van der Waals surface area contributed by atoms with E-state index in [9.17, 15) is 4.79 Å². The van der Waals surface area contributed by atoms with E-state index in [-0.39, 0.29) is 19.2 Å². The zero-order chi connectivity index (χ0) is 15.6. The highest BCUT2D eigenvalue weighted by Gasteiger charge is 2.09. The van der Waals surface area contributed by atoms with Gasteiger partial charge < -0.3 is 15.7 Å². The molecule has 0 aliphatic carbocycles. The summed E-state index contributed by atoms with van der Waals surface area (Å²) >= 11 is 0. The lowest BCUT2D eigenvalue weighted by atomic mass is 10.1. The van der Waals surface area contributed by atoms with Gasteiger partial charge >= 0.3 is 6.03 Å². The zero-order valence-corrected chi connectivity index (χ0v) is 13.2. The smallest absolute Gasteiger partial charge is 0.315 e. The number of nitrogens with one attached hydrogen (secondary N) is 2. The fraction of sp³-hybridized carbons (Fsp3) is 0.588. The van der Waals surface area contributed by atoms with Gasteiger partial charge in [-0.3, -0.25) is 4.90 Å². The lowest BCUT2D eigenvalue weighted by Gasteiger charge is -2.20. The molecule has 3 N–H and O–H groups in total. The van der Waals surface area contributed by atoms with Crippen LogP contribution in [0.3, 0.4) is 0 Å². The largest absolute Gasteiger partial charge is 0.395 e. The summed E-state index contributed by atoms with van der Waals surface area (Å²) < 4.78 is 0. The Morgan fingerprint density at radius 3 is 2.55 bits per heavy atom. The van der Waals surface area contributed by atoms with E-state index in [0.717, 1.165) is 12.1 Å². The fourth-order valence-electron chi connectivity index (χ4n) is 2.80. The number of carbonyl (C=O) groups is 1. The van der Waals surface area contributed by atoms with Gasteiger partial charge in [-0.15, -0.1) is 0 Å². The van der Waals surface area contributed by atoms with Gasteiger partial charge in [-0.1, -0.05) is 37.1 Å². The lowest BCUT2D eigenvalue weighted by Crippen LogP contribution is -2.36.